The molecule has 0 aliphatic heterocycles. The van der Waals surface area contributed by atoms with Crippen LogP contribution in [-0.4, -0.2) is 16.8 Å². The van der Waals surface area contributed by atoms with E-state index < -0.39 is 0 Å². The van der Waals surface area contributed by atoms with Gasteiger partial charge in [-0.15, -0.1) is 11.3 Å². The van der Waals surface area contributed by atoms with Crippen molar-refractivity contribution in [2.75, 3.05) is 0 Å². The van der Waals surface area contributed by atoms with E-state index in [1.165, 1.54) is 41.2 Å². The molecule has 2 N–H and O–H groups in total. The number of carbonyl (C=O) groups is 2. The molecule has 0 unspecified atom stereocenters. The highest BCUT2D eigenvalue weighted by atomic mass is 32.1. The van der Waals surface area contributed by atoms with Crippen molar-refractivity contribution in [3.05, 3.63) is 76.5 Å². The second-order valence-corrected chi connectivity index (χ2v) is 6.94. The van der Waals surface area contributed by atoms with Crippen LogP contribution in [0, 0.1) is 12.7 Å². The Balaban J connectivity index is 1.48. The van der Waals surface area contributed by atoms with E-state index in [9.17, 15) is 14.0 Å². The average Bonchev–Trinajstić information content (AvgIpc) is 3.11. The van der Waals surface area contributed by atoms with Gasteiger partial charge in [0.1, 0.15) is 10.8 Å². The zero-order chi connectivity index (χ0) is 19.2. The maximum Gasteiger partial charge on any atom is 0.244 e. The third-order valence-corrected chi connectivity index (χ3v) is 4.75. The van der Waals surface area contributed by atoms with Gasteiger partial charge in [-0.25, -0.2) is 9.37 Å². The number of nitrogens with zero attached hydrogens (tertiary/aromatic N) is 1. The molecular formula is C20H18FN3O2S. The lowest BCUT2D eigenvalue weighted by Crippen LogP contribution is -2.43. The smallest absolute Gasteiger partial charge is 0.244 e. The van der Waals surface area contributed by atoms with Gasteiger partial charge in [0.15, 0.2) is 0 Å². The molecule has 5 nitrogen and oxygen atoms in total. The Morgan fingerprint density at radius 3 is 2.26 bits per heavy atom. The molecule has 2 aromatic carbocycles. The van der Waals surface area contributed by atoms with Crippen molar-refractivity contribution in [3.63, 3.8) is 0 Å². The molecule has 2 amide bonds. The van der Waals surface area contributed by atoms with Gasteiger partial charge in [-0.1, -0.05) is 42.0 Å². The normalized spacial score (nSPS) is 10.4. The lowest BCUT2D eigenvalue weighted by atomic mass is 10.1. The fourth-order valence-electron chi connectivity index (χ4n) is 2.40. The fraction of sp³-hybridized carbons (Fsp3) is 0.150. The number of hydrogen-bond donors (Lipinski definition) is 2. The minimum atomic E-state index is -0.381. The lowest BCUT2D eigenvalue weighted by Gasteiger charge is -2.06. The van der Waals surface area contributed by atoms with Crippen LogP contribution in [0.1, 0.15) is 16.8 Å². The molecule has 0 atom stereocenters. The molecule has 1 aromatic heterocycles. The molecule has 3 aromatic rings. The monoisotopic (exact) mass is 383 g/mol. The number of aryl methyl sites for hydroxylation is 1. The molecule has 7 heteroatoms. The third kappa shape index (κ3) is 5.46. The van der Waals surface area contributed by atoms with Gasteiger partial charge in [-0.3, -0.25) is 20.4 Å². The van der Waals surface area contributed by atoms with E-state index in [2.05, 4.69) is 15.8 Å². The Labute approximate surface area is 160 Å². The Kier molecular flexibility index (Phi) is 5.93. The van der Waals surface area contributed by atoms with E-state index in [0.29, 0.717) is 11.3 Å². The Bertz CT molecular complexity index is 937. The molecule has 0 radical (unpaired) electrons. The van der Waals surface area contributed by atoms with Gasteiger partial charge in [0, 0.05) is 10.9 Å². The van der Waals surface area contributed by atoms with Crippen LogP contribution in [0.2, 0.25) is 0 Å². The maximum absolute atomic E-state index is 12.9. The summed E-state index contributed by atoms with van der Waals surface area (Å²) in [5.41, 5.74) is 8.20. The molecule has 27 heavy (non-hydrogen) atoms. The maximum atomic E-state index is 12.9. The van der Waals surface area contributed by atoms with Crippen LogP contribution in [0.25, 0.3) is 10.6 Å². The van der Waals surface area contributed by atoms with Crippen LogP contribution >= 0.6 is 11.3 Å². The van der Waals surface area contributed by atoms with Crippen LogP contribution in [0.15, 0.2) is 53.9 Å². The first-order chi connectivity index (χ1) is 13.0. The lowest BCUT2D eigenvalue weighted by molar-refractivity contribution is -0.128. The van der Waals surface area contributed by atoms with Crippen LogP contribution in [0.4, 0.5) is 4.39 Å². The van der Waals surface area contributed by atoms with Crippen molar-refractivity contribution in [1.29, 1.82) is 0 Å². The molecule has 3 rings (SSSR count). The van der Waals surface area contributed by atoms with E-state index in [1.54, 1.807) is 0 Å². The molecule has 1 heterocycles. The van der Waals surface area contributed by atoms with E-state index in [4.69, 9.17) is 0 Å². The summed E-state index contributed by atoms with van der Waals surface area (Å²) < 4.78 is 12.9. The molecule has 0 aliphatic rings. The van der Waals surface area contributed by atoms with Crippen molar-refractivity contribution in [2.24, 2.45) is 0 Å². The van der Waals surface area contributed by atoms with Crippen molar-refractivity contribution in [3.8, 4) is 10.6 Å². The average molecular weight is 383 g/mol. The Hall–Kier alpha value is -3.06. The second kappa shape index (κ2) is 8.55. The summed E-state index contributed by atoms with van der Waals surface area (Å²) in [5, 5.41) is 2.67. The summed E-state index contributed by atoms with van der Waals surface area (Å²) >= 11 is 1.47. The van der Waals surface area contributed by atoms with E-state index in [-0.39, 0.29) is 30.5 Å². The van der Waals surface area contributed by atoms with E-state index >= 15 is 0 Å². The van der Waals surface area contributed by atoms with Crippen LogP contribution in [0.3, 0.4) is 0 Å². The molecule has 138 valence electrons. The first-order valence-electron chi connectivity index (χ1n) is 8.33. The number of benzene rings is 2. The predicted molar refractivity (Wildman–Crippen MR) is 102 cm³/mol. The number of halogens is 1. The number of hydrogen-bond acceptors (Lipinski definition) is 4. The predicted octanol–water partition coefficient (Wildman–Crippen LogP) is 3.19. The van der Waals surface area contributed by atoms with E-state index in [0.717, 1.165) is 10.6 Å². The van der Waals surface area contributed by atoms with Crippen molar-refractivity contribution < 1.29 is 14.0 Å². The summed E-state index contributed by atoms with van der Waals surface area (Å²) in [6.45, 7) is 2.02. The molecule has 0 fully saturated rings. The first-order valence-corrected chi connectivity index (χ1v) is 9.21. The van der Waals surface area contributed by atoms with Crippen molar-refractivity contribution in [2.45, 2.75) is 19.8 Å². The highest BCUT2D eigenvalue weighted by Crippen LogP contribution is 2.24. The highest BCUT2D eigenvalue weighted by Gasteiger charge is 2.10. The highest BCUT2D eigenvalue weighted by molar-refractivity contribution is 7.13. The number of thiazole rings is 1. The number of amides is 2. The van der Waals surface area contributed by atoms with Crippen molar-refractivity contribution in [1.82, 2.24) is 15.8 Å². The Morgan fingerprint density at radius 2 is 1.59 bits per heavy atom. The van der Waals surface area contributed by atoms with Crippen LogP contribution in [-0.2, 0) is 22.4 Å². The summed E-state index contributed by atoms with van der Waals surface area (Å²) in [5.74, 6) is -1.10. The minimum absolute atomic E-state index is 0.0504. The standard InChI is InChI=1S/C20H18FN3O2S/c1-13-2-6-15(7-3-13)20-22-17(12-27-20)11-19(26)24-23-18(25)10-14-4-8-16(21)9-5-14/h2-9,12H,10-11H2,1H3,(H,23,25)(H,24,26). The van der Waals surface area contributed by atoms with Gasteiger partial charge in [-0.05, 0) is 24.6 Å². The van der Waals surface area contributed by atoms with E-state index in [1.807, 2.05) is 36.6 Å². The number of carbonyl (C=O) groups excluding carboxylic acids is 2. The number of rotatable bonds is 5. The number of hydrazine groups is 1. The summed E-state index contributed by atoms with van der Waals surface area (Å²) in [7, 11) is 0. The fourth-order valence-corrected chi connectivity index (χ4v) is 3.22. The quantitative estimate of drug-likeness (QED) is 0.665. The van der Waals surface area contributed by atoms with Crippen LogP contribution < -0.4 is 10.9 Å². The molecule has 0 saturated heterocycles. The van der Waals surface area contributed by atoms with Gasteiger partial charge in [0.05, 0.1) is 18.5 Å². The van der Waals surface area contributed by atoms with Gasteiger partial charge >= 0.3 is 0 Å². The molecular weight excluding hydrogens is 365 g/mol. The number of nitrogens with one attached hydrogen (secondary N) is 2. The van der Waals surface area contributed by atoms with Crippen molar-refractivity contribution >= 4 is 23.2 Å². The second-order valence-electron chi connectivity index (χ2n) is 6.09. The summed E-state index contributed by atoms with van der Waals surface area (Å²) in [6.07, 6.45) is 0.119. The molecule has 0 saturated carbocycles. The van der Waals surface area contributed by atoms with Gasteiger partial charge in [0.25, 0.3) is 0 Å². The number of aromatic nitrogens is 1. The minimum Gasteiger partial charge on any atom is -0.273 e. The topological polar surface area (TPSA) is 71.1 Å². The zero-order valence-corrected chi connectivity index (χ0v) is 15.5. The summed E-state index contributed by atoms with van der Waals surface area (Å²) in [6, 6.07) is 13.6. The summed E-state index contributed by atoms with van der Waals surface area (Å²) in [4.78, 5) is 28.3. The zero-order valence-electron chi connectivity index (χ0n) is 14.7. The molecule has 0 bridgehead atoms. The first kappa shape index (κ1) is 18.7. The molecule has 0 aliphatic carbocycles. The Morgan fingerprint density at radius 1 is 0.963 bits per heavy atom. The third-order valence-electron chi connectivity index (χ3n) is 3.81. The molecule has 0 spiro atoms. The van der Waals surface area contributed by atoms with Gasteiger partial charge in [0.2, 0.25) is 11.8 Å². The van der Waals surface area contributed by atoms with Crippen LogP contribution in [0.5, 0.6) is 0 Å². The van der Waals surface area contributed by atoms with Gasteiger partial charge < -0.3 is 0 Å². The largest absolute Gasteiger partial charge is 0.273 e. The van der Waals surface area contributed by atoms with Gasteiger partial charge in [-0.2, -0.15) is 0 Å². The SMILES string of the molecule is Cc1ccc(-c2nc(CC(=O)NNC(=O)Cc3ccc(F)cc3)cs2)cc1.